The molecule has 0 unspecified atom stereocenters. The zero-order valence-corrected chi connectivity index (χ0v) is 17.1. The van der Waals surface area contributed by atoms with Crippen LogP contribution < -0.4 is 5.32 Å². The van der Waals surface area contributed by atoms with Gasteiger partial charge in [-0.2, -0.15) is 0 Å². The van der Waals surface area contributed by atoms with Gasteiger partial charge in [0.05, 0.1) is 17.1 Å². The molecule has 0 bridgehead atoms. The standard InChI is InChI=1S/C19H21FN4OS2/c1-4-12(5-2)18-23-24-19(27-18)22-16(25)10-15-17(21-11(3)26-15)13-6-8-14(20)9-7-13/h6-9,12H,4-5,10H2,1-3H3,(H,22,24,25). The SMILES string of the molecule is CCC(CC)c1nnc(NC(=O)Cc2sc(C)nc2-c2ccc(F)cc2)s1. The van der Waals surface area contributed by atoms with Gasteiger partial charge in [-0.15, -0.1) is 21.5 Å². The molecule has 0 aliphatic carbocycles. The molecule has 0 aliphatic heterocycles. The molecule has 0 radical (unpaired) electrons. The van der Waals surface area contributed by atoms with Crippen LogP contribution in [0.25, 0.3) is 11.3 Å². The van der Waals surface area contributed by atoms with Crippen LogP contribution in [0.4, 0.5) is 9.52 Å². The summed E-state index contributed by atoms with van der Waals surface area (Å²) in [5.41, 5.74) is 1.53. The van der Waals surface area contributed by atoms with E-state index in [1.54, 1.807) is 12.1 Å². The number of rotatable bonds is 7. The summed E-state index contributed by atoms with van der Waals surface area (Å²) in [6.07, 6.45) is 2.19. The maximum Gasteiger partial charge on any atom is 0.231 e. The Bertz CT molecular complexity index is 916. The largest absolute Gasteiger partial charge is 0.300 e. The number of benzene rings is 1. The minimum absolute atomic E-state index is 0.158. The van der Waals surface area contributed by atoms with Gasteiger partial charge in [0.15, 0.2) is 0 Å². The van der Waals surface area contributed by atoms with Crippen molar-refractivity contribution in [1.29, 1.82) is 0 Å². The lowest BCUT2D eigenvalue weighted by molar-refractivity contribution is -0.115. The average molecular weight is 405 g/mol. The second-order valence-electron chi connectivity index (χ2n) is 6.20. The molecule has 3 rings (SSSR count). The van der Waals surface area contributed by atoms with Crippen molar-refractivity contribution in [2.24, 2.45) is 0 Å². The molecule has 1 amide bonds. The van der Waals surface area contributed by atoms with Crippen LogP contribution in [0.5, 0.6) is 0 Å². The van der Waals surface area contributed by atoms with E-state index >= 15 is 0 Å². The average Bonchev–Trinajstić information content (AvgIpc) is 3.23. The van der Waals surface area contributed by atoms with Gasteiger partial charge in [0.2, 0.25) is 11.0 Å². The summed E-state index contributed by atoms with van der Waals surface area (Å²) in [4.78, 5) is 17.9. The van der Waals surface area contributed by atoms with Gasteiger partial charge >= 0.3 is 0 Å². The fourth-order valence-corrected chi connectivity index (χ4v) is 4.80. The highest BCUT2D eigenvalue weighted by Gasteiger charge is 2.18. The molecule has 5 nitrogen and oxygen atoms in total. The maximum atomic E-state index is 13.2. The topological polar surface area (TPSA) is 67.8 Å². The van der Waals surface area contributed by atoms with Crippen molar-refractivity contribution in [2.45, 2.75) is 46.0 Å². The molecule has 27 heavy (non-hydrogen) atoms. The molecule has 3 aromatic rings. The first-order chi connectivity index (χ1) is 13.0. The Morgan fingerprint density at radius 2 is 1.85 bits per heavy atom. The van der Waals surface area contributed by atoms with Gasteiger partial charge in [0.25, 0.3) is 0 Å². The summed E-state index contributed by atoms with van der Waals surface area (Å²) in [5.74, 6) is -0.0776. The highest BCUT2D eigenvalue weighted by molar-refractivity contribution is 7.15. The number of carbonyl (C=O) groups is 1. The maximum absolute atomic E-state index is 13.2. The number of aryl methyl sites for hydroxylation is 1. The van der Waals surface area contributed by atoms with E-state index in [9.17, 15) is 9.18 Å². The smallest absolute Gasteiger partial charge is 0.231 e. The Morgan fingerprint density at radius 3 is 2.52 bits per heavy atom. The van der Waals surface area contributed by atoms with Crippen molar-refractivity contribution in [3.63, 3.8) is 0 Å². The van der Waals surface area contributed by atoms with Crippen LogP contribution in [0.1, 0.15) is 47.5 Å². The van der Waals surface area contributed by atoms with Crippen molar-refractivity contribution < 1.29 is 9.18 Å². The van der Waals surface area contributed by atoms with Gasteiger partial charge in [-0.05, 0) is 44.0 Å². The zero-order valence-electron chi connectivity index (χ0n) is 15.5. The summed E-state index contributed by atoms with van der Waals surface area (Å²) in [6.45, 7) is 6.14. The van der Waals surface area contributed by atoms with E-state index in [0.29, 0.717) is 11.0 Å². The molecule has 0 fully saturated rings. The minimum atomic E-state index is -0.297. The molecule has 0 atom stereocenters. The van der Waals surface area contributed by atoms with E-state index in [4.69, 9.17) is 0 Å². The summed E-state index contributed by atoms with van der Waals surface area (Å²) in [6, 6.07) is 6.15. The molecule has 142 valence electrons. The summed E-state index contributed by atoms with van der Waals surface area (Å²) in [7, 11) is 0. The van der Waals surface area contributed by atoms with Crippen LogP contribution in [0.15, 0.2) is 24.3 Å². The number of hydrogen-bond donors (Lipinski definition) is 1. The third-order valence-corrected chi connectivity index (χ3v) is 6.24. The normalized spacial score (nSPS) is 11.1. The molecule has 8 heteroatoms. The highest BCUT2D eigenvalue weighted by Crippen LogP contribution is 2.30. The fourth-order valence-electron chi connectivity index (χ4n) is 2.82. The summed E-state index contributed by atoms with van der Waals surface area (Å²) >= 11 is 2.90. The van der Waals surface area contributed by atoms with E-state index in [2.05, 4.69) is 34.3 Å². The van der Waals surface area contributed by atoms with Gasteiger partial charge in [0, 0.05) is 16.4 Å². The lowest BCUT2D eigenvalue weighted by Gasteiger charge is -2.06. The van der Waals surface area contributed by atoms with Crippen LogP contribution in [0, 0.1) is 12.7 Å². The van der Waals surface area contributed by atoms with Gasteiger partial charge < -0.3 is 5.32 Å². The first kappa shape index (κ1) is 19.6. The predicted molar refractivity (Wildman–Crippen MR) is 108 cm³/mol. The van der Waals surface area contributed by atoms with E-state index < -0.39 is 0 Å². The number of aromatic nitrogens is 3. The number of nitrogens with one attached hydrogen (secondary N) is 1. The van der Waals surface area contributed by atoms with Crippen LogP contribution in [0.2, 0.25) is 0 Å². The van der Waals surface area contributed by atoms with Crippen molar-refractivity contribution in [3.8, 4) is 11.3 Å². The predicted octanol–water partition coefficient (Wildman–Crippen LogP) is 5.19. The molecular formula is C19H21FN4OS2. The second-order valence-corrected chi connectivity index (χ2v) is 8.49. The van der Waals surface area contributed by atoms with Crippen molar-refractivity contribution in [3.05, 3.63) is 45.0 Å². The monoisotopic (exact) mass is 404 g/mol. The molecule has 2 aromatic heterocycles. The first-order valence-corrected chi connectivity index (χ1v) is 10.5. The van der Waals surface area contributed by atoms with Gasteiger partial charge in [-0.3, -0.25) is 4.79 Å². The second kappa shape index (κ2) is 8.67. The van der Waals surface area contributed by atoms with E-state index in [1.165, 1.54) is 34.8 Å². The number of thiazole rings is 1. The first-order valence-electron chi connectivity index (χ1n) is 8.85. The number of nitrogens with zero attached hydrogens (tertiary/aromatic N) is 3. The van der Waals surface area contributed by atoms with Gasteiger partial charge in [-0.25, -0.2) is 9.37 Å². The quantitative estimate of drug-likeness (QED) is 0.588. The number of hydrogen-bond acceptors (Lipinski definition) is 6. The van der Waals surface area contributed by atoms with E-state index in [0.717, 1.165) is 39.0 Å². The molecule has 0 saturated carbocycles. The summed E-state index contributed by atoms with van der Waals surface area (Å²) in [5, 5.41) is 13.5. The zero-order chi connectivity index (χ0) is 19.4. The fraction of sp³-hybridized carbons (Fsp3) is 0.368. The van der Waals surface area contributed by atoms with Crippen molar-refractivity contribution >= 4 is 33.7 Å². The Morgan fingerprint density at radius 1 is 1.15 bits per heavy atom. The highest BCUT2D eigenvalue weighted by atomic mass is 32.1. The van der Waals surface area contributed by atoms with E-state index in [1.807, 2.05) is 6.92 Å². The van der Waals surface area contributed by atoms with Crippen molar-refractivity contribution in [2.75, 3.05) is 5.32 Å². The summed E-state index contributed by atoms with van der Waals surface area (Å²) < 4.78 is 13.2. The van der Waals surface area contributed by atoms with Crippen LogP contribution in [-0.4, -0.2) is 21.1 Å². The Balaban J connectivity index is 1.72. The number of carbonyl (C=O) groups excluding carboxylic acids is 1. The van der Waals surface area contributed by atoms with Crippen molar-refractivity contribution in [1.82, 2.24) is 15.2 Å². The Hall–Kier alpha value is -2.19. The lowest BCUT2D eigenvalue weighted by Crippen LogP contribution is -2.14. The lowest BCUT2D eigenvalue weighted by atomic mass is 10.1. The van der Waals surface area contributed by atoms with Crippen LogP contribution in [-0.2, 0) is 11.2 Å². The third-order valence-electron chi connectivity index (χ3n) is 4.26. The number of halogens is 1. The third kappa shape index (κ3) is 4.75. The van der Waals surface area contributed by atoms with Crippen LogP contribution >= 0.6 is 22.7 Å². The molecule has 0 spiro atoms. The Labute approximate surface area is 165 Å². The molecule has 2 heterocycles. The molecular weight excluding hydrogens is 383 g/mol. The molecule has 1 N–H and O–H groups in total. The number of anilines is 1. The molecule has 0 saturated heterocycles. The van der Waals surface area contributed by atoms with Gasteiger partial charge in [-0.1, -0.05) is 25.2 Å². The Kier molecular flexibility index (Phi) is 6.28. The number of amides is 1. The van der Waals surface area contributed by atoms with E-state index in [-0.39, 0.29) is 18.1 Å². The minimum Gasteiger partial charge on any atom is -0.300 e. The van der Waals surface area contributed by atoms with Gasteiger partial charge in [0.1, 0.15) is 10.8 Å². The molecule has 0 aliphatic rings. The van der Waals surface area contributed by atoms with Crippen LogP contribution in [0.3, 0.4) is 0 Å². The molecule has 1 aromatic carbocycles.